The van der Waals surface area contributed by atoms with Crippen LogP contribution in [0.3, 0.4) is 0 Å². The number of carbonyl (C=O) groups excluding carboxylic acids is 1. The van der Waals surface area contributed by atoms with Gasteiger partial charge in [-0.05, 0) is 47.0 Å². The van der Waals surface area contributed by atoms with Gasteiger partial charge < -0.3 is 19.9 Å². The average molecular weight is 275 g/mol. The van der Waals surface area contributed by atoms with Crippen molar-refractivity contribution in [2.75, 3.05) is 26.9 Å². The Balaban J connectivity index is 3.72. The largest absolute Gasteiger partial charge is 0.465 e. The molecule has 0 aromatic heterocycles. The van der Waals surface area contributed by atoms with Gasteiger partial charge in [0.1, 0.15) is 5.54 Å². The molecule has 0 aromatic carbocycles. The van der Waals surface area contributed by atoms with Crippen molar-refractivity contribution in [3.8, 4) is 0 Å². The molecule has 0 spiro atoms. The third-order valence-electron chi connectivity index (χ3n) is 3.13. The first-order chi connectivity index (χ1) is 8.75. The molecule has 0 saturated carbocycles. The van der Waals surface area contributed by atoms with E-state index in [9.17, 15) is 4.79 Å². The van der Waals surface area contributed by atoms with Crippen molar-refractivity contribution in [2.45, 2.75) is 58.1 Å². The van der Waals surface area contributed by atoms with Gasteiger partial charge in [-0.1, -0.05) is 0 Å². The van der Waals surface area contributed by atoms with Crippen LogP contribution >= 0.6 is 0 Å². The number of ether oxygens (including phenoxy) is 3. The molecule has 5 nitrogen and oxygen atoms in total. The van der Waals surface area contributed by atoms with Gasteiger partial charge in [-0.2, -0.15) is 0 Å². The Morgan fingerprint density at radius 2 is 1.79 bits per heavy atom. The first-order valence-corrected chi connectivity index (χ1v) is 6.84. The zero-order valence-electron chi connectivity index (χ0n) is 13.0. The number of methoxy groups -OCH3 is 1. The van der Waals surface area contributed by atoms with Crippen LogP contribution in [0.1, 0.15) is 47.0 Å². The summed E-state index contributed by atoms with van der Waals surface area (Å²) in [5, 5.41) is 0. The fraction of sp³-hybridized carbons (Fsp3) is 0.929. The van der Waals surface area contributed by atoms with E-state index in [4.69, 9.17) is 19.9 Å². The summed E-state index contributed by atoms with van der Waals surface area (Å²) < 4.78 is 15.7. The molecule has 0 radical (unpaired) electrons. The minimum absolute atomic E-state index is 0.159. The lowest BCUT2D eigenvalue weighted by atomic mass is 9.98. The Morgan fingerprint density at radius 1 is 1.16 bits per heavy atom. The Hall–Kier alpha value is -0.650. The van der Waals surface area contributed by atoms with E-state index in [0.717, 1.165) is 12.8 Å². The third kappa shape index (κ3) is 8.18. The maximum Gasteiger partial charge on any atom is 0.325 e. The summed E-state index contributed by atoms with van der Waals surface area (Å²) in [6, 6.07) is 0. The molecule has 0 saturated heterocycles. The monoisotopic (exact) mass is 275 g/mol. The van der Waals surface area contributed by atoms with Gasteiger partial charge >= 0.3 is 5.97 Å². The van der Waals surface area contributed by atoms with Crippen molar-refractivity contribution < 1.29 is 19.0 Å². The number of carbonyl (C=O) groups is 1. The van der Waals surface area contributed by atoms with Gasteiger partial charge in [0.25, 0.3) is 0 Å². The highest BCUT2D eigenvalue weighted by atomic mass is 16.5. The van der Waals surface area contributed by atoms with Crippen LogP contribution in [0.25, 0.3) is 0 Å². The summed E-state index contributed by atoms with van der Waals surface area (Å²) in [5.41, 5.74) is 4.82. The highest BCUT2D eigenvalue weighted by molar-refractivity contribution is 5.79. The lowest BCUT2D eigenvalue weighted by Crippen LogP contribution is -2.46. The molecule has 0 heterocycles. The summed E-state index contributed by atoms with van der Waals surface area (Å²) >= 11 is 0. The Morgan fingerprint density at radius 3 is 2.32 bits per heavy atom. The zero-order valence-corrected chi connectivity index (χ0v) is 13.0. The second kappa shape index (κ2) is 8.51. The molecule has 5 heteroatoms. The molecule has 0 rings (SSSR count). The number of hydrogen-bond donors (Lipinski definition) is 1. The van der Waals surface area contributed by atoms with Crippen molar-refractivity contribution in [2.24, 2.45) is 5.73 Å². The van der Waals surface area contributed by atoms with Crippen LogP contribution in [-0.2, 0) is 19.0 Å². The highest BCUT2D eigenvalue weighted by Gasteiger charge is 2.29. The smallest absolute Gasteiger partial charge is 0.325 e. The molecule has 0 amide bonds. The molecule has 0 aliphatic rings. The number of hydrogen-bond acceptors (Lipinski definition) is 5. The second-order valence-electron chi connectivity index (χ2n) is 5.57. The maximum absolute atomic E-state index is 11.6. The number of rotatable bonds is 10. The van der Waals surface area contributed by atoms with E-state index in [0.29, 0.717) is 26.2 Å². The first kappa shape index (κ1) is 18.4. The molecule has 2 N–H and O–H groups in total. The molecule has 0 aliphatic carbocycles. The molecule has 0 bridgehead atoms. The zero-order chi connectivity index (χ0) is 14.9. The van der Waals surface area contributed by atoms with Crippen molar-refractivity contribution in [3.05, 3.63) is 0 Å². The fourth-order valence-corrected chi connectivity index (χ4v) is 1.46. The molecule has 1 unspecified atom stereocenters. The van der Waals surface area contributed by atoms with Gasteiger partial charge in [0, 0.05) is 20.3 Å². The van der Waals surface area contributed by atoms with Gasteiger partial charge in [-0.15, -0.1) is 0 Å². The van der Waals surface area contributed by atoms with Crippen LogP contribution in [-0.4, -0.2) is 44.0 Å². The van der Waals surface area contributed by atoms with Gasteiger partial charge in [-0.3, -0.25) is 4.79 Å². The minimum Gasteiger partial charge on any atom is -0.465 e. The van der Waals surface area contributed by atoms with Crippen LogP contribution in [0, 0.1) is 0 Å². The Labute approximate surface area is 116 Å². The summed E-state index contributed by atoms with van der Waals surface area (Å²) in [6.07, 6.45) is 2.12. The van der Waals surface area contributed by atoms with E-state index in [2.05, 4.69) is 0 Å². The van der Waals surface area contributed by atoms with E-state index in [-0.39, 0.29) is 11.6 Å². The summed E-state index contributed by atoms with van der Waals surface area (Å²) in [4.78, 5) is 11.6. The Kier molecular flexibility index (Phi) is 8.22. The van der Waals surface area contributed by atoms with E-state index < -0.39 is 5.54 Å². The van der Waals surface area contributed by atoms with Crippen LogP contribution in [0.5, 0.6) is 0 Å². The maximum atomic E-state index is 11.6. The quantitative estimate of drug-likeness (QED) is 0.487. The molecule has 0 fully saturated rings. The molecule has 19 heavy (non-hydrogen) atoms. The molecule has 0 aliphatic heterocycles. The van der Waals surface area contributed by atoms with Gasteiger partial charge in [0.05, 0.1) is 12.2 Å². The average Bonchev–Trinajstić information content (AvgIpc) is 2.34. The number of esters is 1. The Bertz CT molecular complexity index is 264. The summed E-state index contributed by atoms with van der Waals surface area (Å²) in [6.45, 7) is 9.09. The first-order valence-electron chi connectivity index (χ1n) is 6.84. The topological polar surface area (TPSA) is 70.8 Å². The number of nitrogens with two attached hydrogens (primary N) is 1. The molecule has 1 atom stereocenters. The SMILES string of the molecule is CCOC(=O)C(C)(N)CCCOCCC(C)(C)OC. The molecular weight excluding hydrogens is 246 g/mol. The fourth-order valence-electron chi connectivity index (χ4n) is 1.46. The van der Waals surface area contributed by atoms with Crippen molar-refractivity contribution in [1.82, 2.24) is 0 Å². The molecule has 114 valence electrons. The highest BCUT2D eigenvalue weighted by Crippen LogP contribution is 2.14. The van der Waals surface area contributed by atoms with E-state index in [1.165, 1.54) is 0 Å². The standard InChI is InChI=1S/C14H29NO4/c1-6-19-12(16)14(4,15)8-7-10-18-11-9-13(2,3)17-5/h6-11,15H2,1-5H3. The van der Waals surface area contributed by atoms with Crippen LogP contribution in [0.4, 0.5) is 0 Å². The molecular formula is C14H29NO4. The summed E-state index contributed by atoms with van der Waals surface area (Å²) in [7, 11) is 1.69. The van der Waals surface area contributed by atoms with Crippen LogP contribution in [0.15, 0.2) is 0 Å². The third-order valence-corrected chi connectivity index (χ3v) is 3.13. The van der Waals surface area contributed by atoms with Crippen LogP contribution in [0.2, 0.25) is 0 Å². The summed E-state index contributed by atoms with van der Waals surface area (Å²) in [5.74, 6) is -0.351. The lowest BCUT2D eigenvalue weighted by molar-refractivity contribution is -0.149. The van der Waals surface area contributed by atoms with E-state index in [1.807, 2.05) is 13.8 Å². The predicted octanol–water partition coefficient (Wildman–Crippen LogP) is 1.88. The van der Waals surface area contributed by atoms with Gasteiger partial charge in [-0.25, -0.2) is 0 Å². The van der Waals surface area contributed by atoms with Gasteiger partial charge in [0.15, 0.2) is 0 Å². The molecule has 0 aromatic rings. The normalized spacial score (nSPS) is 15.1. The van der Waals surface area contributed by atoms with E-state index in [1.54, 1.807) is 21.0 Å². The van der Waals surface area contributed by atoms with E-state index >= 15 is 0 Å². The van der Waals surface area contributed by atoms with Gasteiger partial charge in [0.2, 0.25) is 0 Å². The van der Waals surface area contributed by atoms with Crippen molar-refractivity contribution >= 4 is 5.97 Å². The van der Waals surface area contributed by atoms with Crippen molar-refractivity contribution in [3.63, 3.8) is 0 Å². The van der Waals surface area contributed by atoms with Crippen LogP contribution < -0.4 is 5.73 Å². The van der Waals surface area contributed by atoms with Crippen molar-refractivity contribution in [1.29, 1.82) is 0 Å². The predicted molar refractivity (Wildman–Crippen MR) is 75.0 cm³/mol. The minimum atomic E-state index is -0.925. The second-order valence-corrected chi connectivity index (χ2v) is 5.57. The lowest BCUT2D eigenvalue weighted by Gasteiger charge is -2.23.